The van der Waals surface area contributed by atoms with E-state index in [0.29, 0.717) is 5.69 Å². The maximum atomic E-state index is 12.7. The van der Waals surface area contributed by atoms with Crippen LogP contribution in [0.25, 0.3) is 0 Å². The van der Waals surface area contributed by atoms with Gasteiger partial charge >= 0.3 is 6.18 Å². The van der Waals surface area contributed by atoms with Crippen LogP contribution in [-0.2, 0) is 6.18 Å². The SMILES string of the molecule is O=C(Nc1cccc(C(F)(F)F)c1)c1ccc(NC(=O)c2ccco2)cc1. The van der Waals surface area contributed by atoms with Gasteiger partial charge in [-0.3, -0.25) is 9.59 Å². The van der Waals surface area contributed by atoms with Crippen LogP contribution >= 0.6 is 0 Å². The second-order valence-electron chi connectivity index (χ2n) is 5.54. The van der Waals surface area contributed by atoms with Crippen molar-refractivity contribution in [3.8, 4) is 0 Å². The van der Waals surface area contributed by atoms with E-state index in [9.17, 15) is 22.8 Å². The maximum absolute atomic E-state index is 12.7. The first-order valence-corrected chi connectivity index (χ1v) is 7.76. The smallest absolute Gasteiger partial charge is 0.416 e. The fraction of sp³-hybridized carbons (Fsp3) is 0.0526. The summed E-state index contributed by atoms with van der Waals surface area (Å²) in [5, 5.41) is 5.01. The Balaban J connectivity index is 1.66. The van der Waals surface area contributed by atoms with Gasteiger partial charge in [-0.2, -0.15) is 13.2 Å². The van der Waals surface area contributed by atoms with Crippen molar-refractivity contribution in [3.63, 3.8) is 0 Å². The first-order valence-electron chi connectivity index (χ1n) is 7.76. The van der Waals surface area contributed by atoms with Crippen LogP contribution in [0.4, 0.5) is 24.5 Å². The van der Waals surface area contributed by atoms with Crippen LogP contribution in [0.1, 0.15) is 26.5 Å². The van der Waals surface area contributed by atoms with E-state index in [1.54, 1.807) is 6.07 Å². The summed E-state index contributed by atoms with van der Waals surface area (Å²) in [6.45, 7) is 0. The van der Waals surface area contributed by atoms with Gasteiger partial charge in [-0.05, 0) is 54.6 Å². The van der Waals surface area contributed by atoms with Crippen molar-refractivity contribution in [3.05, 3.63) is 83.8 Å². The molecular formula is C19H13F3N2O3. The summed E-state index contributed by atoms with van der Waals surface area (Å²) < 4.78 is 43.1. The Morgan fingerprint density at radius 2 is 1.52 bits per heavy atom. The fourth-order valence-corrected chi connectivity index (χ4v) is 2.28. The van der Waals surface area contributed by atoms with E-state index in [0.717, 1.165) is 12.1 Å². The predicted octanol–water partition coefficient (Wildman–Crippen LogP) is 4.80. The van der Waals surface area contributed by atoms with Gasteiger partial charge in [-0.25, -0.2) is 0 Å². The minimum Gasteiger partial charge on any atom is -0.459 e. The molecule has 2 aromatic carbocycles. The standard InChI is InChI=1S/C19H13F3N2O3/c20-19(21,22)13-3-1-4-15(11-13)24-17(25)12-6-8-14(9-7-12)23-18(26)16-5-2-10-27-16/h1-11H,(H,23,26)(H,24,25). The first kappa shape index (κ1) is 18.2. The average molecular weight is 374 g/mol. The van der Waals surface area contributed by atoms with Gasteiger partial charge in [-0.1, -0.05) is 6.07 Å². The highest BCUT2D eigenvalue weighted by molar-refractivity contribution is 6.05. The molecule has 5 nitrogen and oxygen atoms in total. The molecule has 138 valence electrons. The Morgan fingerprint density at radius 1 is 0.815 bits per heavy atom. The number of amides is 2. The van der Waals surface area contributed by atoms with Gasteiger partial charge in [0, 0.05) is 16.9 Å². The number of alkyl halides is 3. The maximum Gasteiger partial charge on any atom is 0.416 e. The summed E-state index contributed by atoms with van der Waals surface area (Å²) in [5.74, 6) is -0.874. The van der Waals surface area contributed by atoms with Gasteiger partial charge in [0.2, 0.25) is 0 Å². The van der Waals surface area contributed by atoms with E-state index < -0.39 is 23.6 Å². The Kier molecular flexibility index (Phi) is 4.98. The van der Waals surface area contributed by atoms with Crippen molar-refractivity contribution >= 4 is 23.2 Å². The highest BCUT2D eigenvalue weighted by Gasteiger charge is 2.30. The number of halogens is 3. The lowest BCUT2D eigenvalue weighted by Gasteiger charge is -2.10. The number of anilines is 2. The molecule has 0 bridgehead atoms. The molecule has 0 aliphatic heterocycles. The number of hydrogen-bond donors (Lipinski definition) is 2. The monoisotopic (exact) mass is 374 g/mol. The molecule has 0 aliphatic carbocycles. The van der Waals surface area contributed by atoms with Gasteiger partial charge in [0.25, 0.3) is 11.8 Å². The van der Waals surface area contributed by atoms with Crippen LogP contribution in [-0.4, -0.2) is 11.8 Å². The molecule has 3 aromatic rings. The fourth-order valence-electron chi connectivity index (χ4n) is 2.28. The summed E-state index contributed by atoms with van der Waals surface area (Å²) in [6.07, 6.45) is -3.12. The van der Waals surface area contributed by atoms with E-state index in [-0.39, 0.29) is 17.0 Å². The van der Waals surface area contributed by atoms with Crippen molar-refractivity contribution in [1.82, 2.24) is 0 Å². The number of carbonyl (C=O) groups is 2. The summed E-state index contributed by atoms with van der Waals surface area (Å²) in [6, 6.07) is 13.3. The third-order valence-electron chi connectivity index (χ3n) is 3.60. The third-order valence-corrected chi connectivity index (χ3v) is 3.60. The summed E-state index contributed by atoms with van der Waals surface area (Å²) in [4.78, 5) is 24.1. The highest BCUT2D eigenvalue weighted by Crippen LogP contribution is 2.30. The lowest BCUT2D eigenvalue weighted by molar-refractivity contribution is -0.137. The molecule has 27 heavy (non-hydrogen) atoms. The van der Waals surface area contributed by atoms with E-state index in [1.807, 2.05) is 0 Å². The van der Waals surface area contributed by atoms with Crippen molar-refractivity contribution in [2.45, 2.75) is 6.18 Å². The number of hydrogen-bond acceptors (Lipinski definition) is 3. The molecule has 2 N–H and O–H groups in total. The molecule has 8 heteroatoms. The molecular weight excluding hydrogens is 361 g/mol. The molecule has 3 rings (SSSR count). The second-order valence-corrected chi connectivity index (χ2v) is 5.54. The molecule has 0 atom stereocenters. The van der Waals surface area contributed by atoms with Gasteiger partial charge in [0.15, 0.2) is 5.76 Å². The largest absolute Gasteiger partial charge is 0.459 e. The Bertz CT molecular complexity index is 949. The first-order chi connectivity index (χ1) is 12.8. The molecule has 0 fully saturated rings. The number of nitrogens with one attached hydrogen (secondary N) is 2. The number of rotatable bonds is 4. The Morgan fingerprint density at radius 3 is 2.15 bits per heavy atom. The summed E-state index contributed by atoms with van der Waals surface area (Å²) in [5.41, 5.74) is -0.156. The highest BCUT2D eigenvalue weighted by atomic mass is 19.4. The second kappa shape index (κ2) is 7.36. The van der Waals surface area contributed by atoms with E-state index in [1.165, 1.54) is 48.7 Å². The normalized spacial score (nSPS) is 11.1. The quantitative estimate of drug-likeness (QED) is 0.689. The van der Waals surface area contributed by atoms with Crippen LogP contribution < -0.4 is 10.6 Å². The molecule has 0 radical (unpaired) electrons. The zero-order valence-corrected chi connectivity index (χ0v) is 13.7. The average Bonchev–Trinajstić information content (AvgIpc) is 3.16. The Labute approximate surface area is 151 Å². The van der Waals surface area contributed by atoms with E-state index in [2.05, 4.69) is 10.6 Å². The van der Waals surface area contributed by atoms with Crippen molar-refractivity contribution in [2.75, 3.05) is 10.6 Å². The van der Waals surface area contributed by atoms with E-state index in [4.69, 9.17) is 4.42 Å². The summed E-state index contributed by atoms with van der Waals surface area (Å²) in [7, 11) is 0. The van der Waals surface area contributed by atoms with Gasteiger partial charge in [0.05, 0.1) is 11.8 Å². The molecule has 0 saturated heterocycles. The third kappa shape index (κ3) is 4.55. The van der Waals surface area contributed by atoms with Crippen LogP contribution in [0.5, 0.6) is 0 Å². The molecule has 0 spiro atoms. The van der Waals surface area contributed by atoms with Gasteiger partial charge in [0.1, 0.15) is 0 Å². The zero-order valence-electron chi connectivity index (χ0n) is 13.7. The topological polar surface area (TPSA) is 71.3 Å². The number of benzene rings is 2. The number of carbonyl (C=O) groups excluding carboxylic acids is 2. The molecule has 0 saturated carbocycles. The molecule has 2 amide bonds. The minimum atomic E-state index is -4.49. The summed E-state index contributed by atoms with van der Waals surface area (Å²) >= 11 is 0. The van der Waals surface area contributed by atoms with Gasteiger partial charge in [-0.15, -0.1) is 0 Å². The van der Waals surface area contributed by atoms with Crippen LogP contribution in [0.3, 0.4) is 0 Å². The lowest BCUT2D eigenvalue weighted by Crippen LogP contribution is -2.14. The predicted molar refractivity (Wildman–Crippen MR) is 92.5 cm³/mol. The number of furan rings is 1. The van der Waals surface area contributed by atoms with E-state index >= 15 is 0 Å². The van der Waals surface area contributed by atoms with Crippen LogP contribution in [0.2, 0.25) is 0 Å². The zero-order chi connectivity index (χ0) is 19.4. The van der Waals surface area contributed by atoms with Crippen molar-refractivity contribution in [2.24, 2.45) is 0 Å². The Hall–Kier alpha value is -3.55. The molecule has 1 heterocycles. The molecule has 1 aromatic heterocycles. The van der Waals surface area contributed by atoms with Gasteiger partial charge < -0.3 is 15.1 Å². The lowest BCUT2D eigenvalue weighted by atomic mass is 10.1. The minimum absolute atomic E-state index is 0.0324. The molecule has 0 aliphatic rings. The van der Waals surface area contributed by atoms with Crippen molar-refractivity contribution < 1.29 is 27.2 Å². The van der Waals surface area contributed by atoms with Crippen LogP contribution in [0, 0.1) is 0 Å². The van der Waals surface area contributed by atoms with Crippen molar-refractivity contribution in [1.29, 1.82) is 0 Å². The molecule has 0 unspecified atom stereocenters. The van der Waals surface area contributed by atoms with Crippen LogP contribution in [0.15, 0.2) is 71.3 Å².